The van der Waals surface area contributed by atoms with Gasteiger partial charge in [-0.05, 0) is 25.5 Å². The Hall–Kier alpha value is -1.22. The first kappa shape index (κ1) is 9.86. The molecule has 1 rings (SSSR count). The number of rotatable bonds is 4. The van der Waals surface area contributed by atoms with Gasteiger partial charge in [0.15, 0.2) is 5.78 Å². The van der Waals surface area contributed by atoms with Crippen molar-refractivity contribution in [3.05, 3.63) is 29.6 Å². The van der Waals surface area contributed by atoms with Crippen molar-refractivity contribution in [2.45, 2.75) is 19.8 Å². The van der Waals surface area contributed by atoms with Crippen molar-refractivity contribution in [1.82, 2.24) is 4.98 Å². The van der Waals surface area contributed by atoms with Crippen molar-refractivity contribution in [3.8, 4) is 0 Å². The Morgan fingerprint density at radius 2 is 2.31 bits per heavy atom. The van der Waals surface area contributed by atoms with Gasteiger partial charge in [-0.1, -0.05) is 0 Å². The molecule has 1 aromatic heterocycles. The van der Waals surface area contributed by atoms with Crippen molar-refractivity contribution in [3.63, 3.8) is 0 Å². The van der Waals surface area contributed by atoms with E-state index in [0.29, 0.717) is 18.4 Å². The summed E-state index contributed by atoms with van der Waals surface area (Å²) in [7, 11) is 0. The Kier molecular flexibility index (Phi) is 3.58. The molecule has 3 nitrogen and oxygen atoms in total. The lowest BCUT2D eigenvalue weighted by Gasteiger charge is -1.99. The molecule has 13 heavy (non-hydrogen) atoms. The topological polar surface area (TPSA) is 50.2 Å². The second-order valence-electron chi connectivity index (χ2n) is 2.94. The second-order valence-corrected chi connectivity index (χ2v) is 2.94. The number of carbonyl (C=O) groups is 1. The van der Waals surface area contributed by atoms with Crippen LogP contribution >= 0.6 is 0 Å². The maximum absolute atomic E-state index is 11.4. The van der Waals surface area contributed by atoms with Crippen LogP contribution in [0.1, 0.15) is 28.9 Å². The standard InChI is InChI=1S/C10H13NO2/c1-8-4-5-9(7-11-8)10(13)3-2-6-12/h4-5,7,12H,2-3,6H2,1H3. The van der Waals surface area contributed by atoms with Crippen LogP contribution in [-0.4, -0.2) is 22.5 Å². The quantitative estimate of drug-likeness (QED) is 0.710. The van der Waals surface area contributed by atoms with Crippen molar-refractivity contribution in [2.75, 3.05) is 6.61 Å². The smallest absolute Gasteiger partial charge is 0.164 e. The summed E-state index contributed by atoms with van der Waals surface area (Å²) >= 11 is 0. The number of nitrogens with zero attached hydrogens (tertiary/aromatic N) is 1. The fourth-order valence-electron chi connectivity index (χ4n) is 1.02. The molecule has 0 aliphatic heterocycles. The van der Waals surface area contributed by atoms with Crippen LogP contribution in [-0.2, 0) is 0 Å². The first-order chi connectivity index (χ1) is 6.24. The van der Waals surface area contributed by atoms with Crippen molar-refractivity contribution < 1.29 is 9.90 Å². The molecule has 0 aliphatic rings. The summed E-state index contributed by atoms with van der Waals surface area (Å²) in [4.78, 5) is 15.4. The molecule has 0 saturated heterocycles. The Balaban J connectivity index is 2.61. The Morgan fingerprint density at radius 1 is 1.54 bits per heavy atom. The number of pyridine rings is 1. The average molecular weight is 179 g/mol. The summed E-state index contributed by atoms with van der Waals surface area (Å²) in [6.07, 6.45) is 2.49. The Bertz CT molecular complexity index is 279. The van der Waals surface area contributed by atoms with Gasteiger partial charge in [0.25, 0.3) is 0 Å². The number of aryl methyl sites for hydroxylation is 1. The minimum absolute atomic E-state index is 0.0431. The van der Waals surface area contributed by atoms with Crippen LogP contribution in [0.3, 0.4) is 0 Å². The van der Waals surface area contributed by atoms with Crippen LogP contribution in [0.25, 0.3) is 0 Å². The lowest BCUT2D eigenvalue weighted by atomic mass is 10.1. The maximum atomic E-state index is 11.4. The van der Waals surface area contributed by atoms with Crippen molar-refractivity contribution >= 4 is 5.78 Å². The van der Waals surface area contributed by atoms with Gasteiger partial charge in [0.2, 0.25) is 0 Å². The van der Waals surface area contributed by atoms with Gasteiger partial charge in [-0.15, -0.1) is 0 Å². The van der Waals surface area contributed by atoms with Gasteiger partial charge < -0.3 is 5.11 Å². The molecule has 1 heterocycles. The van der Waals surface area contributed by atoms with Crippen LogP contribution in [0.5, 0.6) is 0 Å². The number of aliphatic hydroxyl groups is 1. The van der Waals surface area contributed by atoms with Crippen LogP contribution in [0, 0.1) is 6.92 Å². The molecule has 0 saturated carbocycles. The highest BCUT2D eigenvalue weighted by molar-refractivity contribution is 5.95. The zero-order valence-electron chi connectivity index (χ0n) is 7.66. The summed E-state index contributed by atoms with van der Waals surface area (Å²) < 4.78 is 0. The summed E-state index contributed by atoms with van der Waals surface area (Å²) in [5, 5.41) is 8.54. The Morgan fingerprint density at radius 3 is 2.85 bits per heavy atom. The van der Waals surface area contributed by atoms with Gasteiger partial charge in [-0.3, -0.25) is 9.78 Å². The SMILES string of the molecule is Cc1ccc(C(=O)CCCO)cn1. The molecule has 0 radical (unpaired) electrons. The fourth-order valence-corrected chi connectivity index (χ4v) is 1.02. The van der Waals surface area contributed by atoms with Gasteiger partial charge >= 0.3 is 0 Å². The minimum Gasteiger partial charge on any atom is -0.396 e. The number of hydrogen-bond acceptors (Lipinski definition) is 3. The Labute approximate surface area is 77.4 Å². The van der Waals surface area contributed by atoms with E-state index in [0.717, 1.165) is 5.69 Å². The average Bonchev–Trinajstić information content (AvgIpc) is 2.15. The van der Waals surface area contributed by atoms with E-state index in [2.05, 4.69) is 4.98 Å². The molecule has 3 heteroatoms. The third-order valence-corrected chi connectivity index (χ3v) is 1.80. The molecule has 1 aromatic rings. The summed E-state index contributed by atoms with van der Waals surface area (Å²) in [6, 6.07) is 3.58. The number of Topliss-reactive ketones (excluding diaryl/α,β-unsaturated/α-hetero) is 1. The normalized spacial score (nSPS) is 10.0. The number of aliphatic hydroxyl groups excluding tert-OH is 1. The first-order valence-electron chi connectivity index (χ1n) is 4.31. The molecule has 70 valence electrons. The van der Waals surface area contributed by atoms with E-state index in [9.17, 15) is 4.79 Å². The van der Waals surface area contributed by atoms with Gasteiger partial charge in [0.1, 0.15) is 0 Å². The molecule has 1 N–H and O–H groups in total. The zero-order chi connectivity index (χ0) is 9.68. The van der Waals surface area contributed by atoms with Gasteiger partial charge in [-0.2, -0.15) is 0 Å². The van der Waals surface area contributed by atoms with E-state index >= 15 is 0 Å². The number of carbonyl (C=O) groups excluding carboxylic acids is 1. The number of aromatic nitrogens is 1. The van der Waals surface area contributed by atoms with E-state index < -0.39 is 0 Å². The van der Waals surface area contributed by atoms with E-state index in [1.807, 2.05) is 13.0 Å². The van der Waals surface area contributed by atoms with Crippen molar-refractivity contribution in [2.24, 2.45) is 0 Å². The van der Waals surface area contributed by atoms with Crippen LogP contribution < -0.4 is 0 Å². The molecule has 0 spiro atoms. The van der Waals surface area contributed by atoms with Crippen molar-refractivity contribution in [1.29, 1.82) is 0 Å². The van der Waals surface area contributed by atoms with E-state index in [4.69, 9.17) is 5.11 Å². The minimum atomic E-state index is 0.0431. The molecule has 0 bridgehead atoms. The summed E-state index contributed by atoms with van der Waals surface area (Å²) in [5.74, 6) is 0.0431. The highest BCUT2D eigenvalue weighted by Gasteiger charge is 2.04. The highest BCUT2D eigenvalue weighted by Crippen LogP contribution is 2.04. The highest BCUT2D eigenvalue weighted by atomic mass is 16.3. The predicted octanol–water partition coefficient (Wildman–Crippen LogP) is 1.35. The molecule has 0 atom stereocenters. The monoisotopic (exact) mass is 179 g/mol. The lowest BCUT2D eigenvalue weighted by molar-refractivity contribution is 0.0971. The van der Waals surface area contributed by atoms with E-state index in [1.54, 1.807) is 12.3 Å². The first-order valence-corrected chi connectivity index (χ1v) is 4.31. The van der Waals surface area contributed by atoms with Crippen LogP contribution in [0.4, 0.5) is 0 Å². The molecular weight excluding hydrogens is 166 g/mol. The predicted molar refractivity (Wildman–Crippen MR) is 49.6 cm³/mol. The molecule has 0 aliphatic carbocycles. The third kappa shape index (κ3) is 2.95. The largest absolute Gasteiger partial charge is 0.396 e. The van der Waals surface area contributed by atoms with Gasteiger partial charge in [0, 0.05) is 30.5 Å². The lowest BCUT2D eigenvalue weighted by Crippen LogP contribution is -2.01. The fraction of sp³-hybridized carbons (Fsp3) is 0.400. The summed E-state index contributed by atoms with van der Waals surface area (Å²) in [5.41, 5.74) is 1.53. The molecular formula is C10H13NO2. The third-order valence-electron chi connectivity index (χ3n) is 1.80. The zero-order valence-corrected chi connectivity index (χ0v) is 7.66. The van der Waals surface area contributed by atoms with E-state index in [-0.39, 0.29) is 12.4 Å². The van der Waals surface area contributed by atoms with E-state index in [1.165, 1.54) is 0 Å². The molecule has 0 unspecified atom stereocenters. The van der Waals surface area contributed by atoms with Crippen LogP contribution in [0.2, 0.25) is 0 Å². The van der Waals surface area contributed by atoms with Gasteiger partial charge in [0.05, 0.1) is 0 Å². The molecule has 0 fully saturated rings. The second kappa shape index (κ2) is 4.72. The summed E-state index contributed by atoms with van der Waals surface area (Å²) in [6.45, 7) is 1.94. The number of ketones is 1. The molecule has 0 aromatic carbocycles. The van der Waals surface area contributed by atoms with Gasteiger partial charge in [-0.25, -0.2) is 0 Å². The molecule has 0 amide bonds. The number of hydrogen-bond donors (Lipinski definition) is 1. The van der Waals surface area contributed by atoms with Crippen LogP contribution in [0.15, 0.2) is 18.3 Å². The maximum Gasteiger partial charge on any atom is 0.164 e.